The van der Waals surface area contributed by atoms with Gasteiger partial charge in [0.05, 0.1) is 13.0 Å². The molecule has 0 spiro atoms. The summed E-state index contributed by atoms with van der Waals surface area (Å²) >= 11 is 0. The van der Waals surface area contributed by atoms with Gasteiger partial charge in [0.1, 0.15) is 0 Å². The summed E-state index contributed by atoms with van der Waals surface area (Å²) < 4.78 is 4.92. The lowest BCUT2D eigenvalue weighted by molar-refractivity contribution is -0.147. The molecule has 1 unspecified atom stereocenters. The third-order valence-corrected chi connectivity index (χ3v) is 2.35. The zero-order valence-corrected chi connectivity index (χ0v) is 9.56. The van der Waals surface area contributed by atoms with E-state index in [0.717, 1.165) is 5.56 Å². The Labute approximate surface area is 95.9 Å². The largest absolute Gasteiger partial charge is 0.460 e. The fourth-order valence-electron chi connectivity index (χ4n) is 1.44. The highest BCUT2D eigenvalue weighted by atomic mass is 16.5. The van der Waals surface area contributed by atoms with E-state index in [9.17, 15) is 4.79 Å². The summed E-state index contributed by atoms with van der Waals surface area (Å²) in [7, 11) is 0. The minimum atomic E-state index is -1.11. The summed E-state index contributed by atoms with van der Waals surface area (Å²) in [5.74, 6) is -0.450. The van der Waals surface area contributed by atoms with Crippen molar-refractivity contribution in [3.8, 4) is 0 Å². The number of carbonyl (C=O) groups excluding carboxylic acids is 1. The summed E-state index contributed by atoms with van der Waals surface area (Å²) in [6, 6.07) is 9.50. The number of rotatable bonds is 4. The minimum Gasteiger partial charge on any atom is -0.460 e. The standard InChI is InChI=1S/C13H15NO2/c1-4-16-12(15)13(2,14-3)10-11-8-6-5-7-9-11/h5-9H,4,10H2,1-2H3. The van der Waals surface area contributed by atoms with Gasteiger partial charge in [-0.15, -0.1) is 0 Å². The van der Waals surface area contributed by atoms with Crippen molar-refractivity contribution in [2.45, 2.75) is 25.8 Å². The van der Waals surface area contributed by atoms with Gasteiger partial charge in [-0.2, -0.15) is 0 Å². The van der Waals surface area contributed by atoms with Gasteiger partial charge in [-0.05, 0) is 12.5 Å². The Morgan fingerprint density at radius 2 is 2.06 bits per heavy atom. The van der Waals surface area contributed by atoms with E-state index in [1.54, 1.807) is 13.8 Å². The zero-order valence-electron chi connectivity index (χ0n) is 9.56. The second kappa shape index (κ2) is 5.32. The smallest absolute Gasteiger partial charge is 0.393 e. The molecule has 0 aliphatic heterocycles. The number of nitrogens with zero attached hydrogens (tertiary/aromatic N) is 1. The second-order valence-corrected chi connectivity index (χ2v) is 3.77. The Morgan fingerprint density at radius 1 is 1.44 bits per heavy atom. The van der Waals surface area contributed by atoms with E-state index in [2.05, 4.69) is 4.85 Å². The molecule has 1 aromatic carbocycles. The lowest BCUT2D eigenvalue weighted by Crippen LogP contribution is -2.35. The number of hydrogen-bond donors (Lipinski definition) is 0. The van der Waals surface area contributed by atoms with Gasteiger partial charge in [0.2, 0.25) is 0 Å². The van der Waals surface area contributed by atoms with Crippen LogP contribution in [-0.2, 0) is 16.0 Å². The van der Waals surface area contributed by atoms with Crippen molar-refractivity contribution < 1.29 is 9.53 Å². The SMILES string of the molecule is [C-]#[N+]C(C)(Cc1ccccc1)C(=O)OCC. The number of esters is 1. The average Bonchev–Trinajstić information content (AvgIpc) is 2.30. The van der Waals surface area contributed by atoms with E-state index in [4.69, 9.17) is 11.3 Å². The molecule has 1 aromatic rings. The molecule has 0 fully saturated rings. The predicted octanol–water partition coefficient (Wildman–Crippen LogP) is 2.47. The monoisotopic (exact) mass is 217 g/mol. The Morgan fingerprint density at radius 3 is 2.56 bits per heavy atom. The highest BCUT2D eigenvalue weighted by Gasteiger charge is 2.41. The van der Waals surface area contributed by atoms with Crippen LogP contribution in [0.25, 0.3) is 4.85 Å². The summed E-state index contributed by atoms with van der Waals surface area (Å²) in [6.07, 6.45) is 0.385. The topological polar surface area (TPSA) is 30.7 Å². The Hall–Kier alpha value is -1.82. The molecule has 0 aliphatic carbocycles. The van der Waals surface area contributed by atoms with Gasteiger partial charge < -0.3 is 4.74 Å². The van der Waals surface area contributed by atoms with Crippen LogP contribution in [0, 0.1) is 6.57 Å². The first-order valence-corrected chi connectivity index (χ1v) is 5.22. The molecule has 0 saturated heterocycles. The maximum absolute atomic E-state index is 11.7. The van der Waals surface area contributed by atoms with E-state index in [1.807, 2.05) is 30.3 Å². The van der Waals surface area contributed by atoms with Crippen LogP contribution in [0.1, 0.15) is 19.4 Å². The lowest BCUT2D eigenvalue weighted by atomic mass is 9.94. The molecule has 0 N–H and O–H groups in total. The normalized spacial score (nSPS) is 13.6. The molecule has 0 aliphatic rings. The number of carbonyl (C=O) groups is 1. The molecule has 0 saturated carbocycles. The molecule has 84 valence electrons. The Bertz CT molecular complexity index is 394. The first-order chi connectivity index (χ1) is 7.62. The van der Waals surface area contributed by atoms with Crippen LogP contribution < -0.4 is 0 Å². The molecule has 1 rings (SSSR count). The van der Waals surface area contributed by atoms with Crippen LogP contribution in [0.15, 0.2) is 30.3 Å². The van der Waals surface area contributed by atoms with E-state index in [0.29, 0.717) is 13.0 Å². The molecular formula is C13H15NO2. The molecule has 16 heavy (non-hydrogen) atoms. The number of benzene rings is 1. The minimum absolute atomic E-state index is 0.304. The molecule has 1 atom stereocenters. The summed E-state index contributed by atoms with van der Waals surface area (Å²) in [6.45, 7) is 10.8. The maximum atomic E-state index is 11.7. The fourth-order valence-corrected chi connectivity index (χ4v) is 1.44. The highest BCUT2D eigenvalue weighted by molar-refractivity contribution is 5.83. The molecule has 0 bridgehead atoms. The predicted molar refractivity (Wildman–Crippen MR) is 61.8 cm³/mol. The van der Waals surface area contributed by atoms with Gasteiger partial charge in [-0.3, -0.25) is 4.85 Å². The van der Waals surface area contributed by atoms with E-state index >= 15 is 0 Å². The quantitative estimate of drug-likeness (QED) is 0.573. The van der Waals surface area contributed by atoms with E-state index in [1.165, 1.54) is 0 Å². The molecule has 3 heteroatoms. The van der Waals surface area contributed by atoms with Crippen LogP contribution >= 0.6 is 0 Å². The van der Waals surface area contributed by atoms with Gasteiger partial charge in [0, 0.05) is 6.92 Å². The van der Waals surface area contributed by atoms with Crippen molar-refractivity contribution in [2.75, 3.05) is 6.61 Å². The van der Waals surface area contributed by atoms with Gasteiger partial charge in [0.25, 0.3) is 0 Å². The second-order valence-electron chi connectivity index (χ2n) is 3.77. The molecule has 0 heterocycles. The molecule has 0 amide bonds. The van der Waals surface area contributed by atoms with Crippen LogP contribution in [0.2, 0.25) is 0 Å². The van der Waals surface area contributed by atoms with Crippen LogP contribution in [0.5, 0.6) is 0 Å². The summed E-state index contributed by atoms with van der Waals surface area (Å²) in [5, 5.41) is 0. The molecule has 3 nitrogen and oxygen atoms in total. The fraction of sp³-hybridized carbons (Fsp3) is 0.385. The number of ether oxygens (including phenoxy) is 1. The van der Waals surface area contributed by atoms with Gasteiger partial charge in [-0.1, -0.05) is 30.3 Å². The van der Waals surface area contributed by atoms with Crippen molar-refractivity contribution >= 4 is 5.97 Å². The van der Waals surface area contributed by atoms with Crippen LogP contribution in [-0.4, -0.2) is 18.1 Å². The third kappa shape index (κ3) is 2.83. The summed E-state index contributed by atoms with van der Waals surface area (Å²) in [5.41, 5.74) is -0.147. The first kappa shape index (κ1) is 12.3. The highest BCUT2D eigenvalue weighted by Crippen LogP contribution is 2.19. The van der Waals surface area contributed by atoms with Gasteiger partial charge in [-0.25, -0.2) is 11.4 Å². The van der Waals surface area contributed by atoms with Crippen molar-refractivity contribution in [3.05, 3.63) is 47.3 Å². The van der Waals surface area contributed by atoms with E-state index < -0.39 is 11.5 Å². The van der Waals surface area contributed by atoms with Crippen molar-refractivity contribution in [1.82, 2.24) is 0 Å². The molecular weight excluding hydrogens is 202 g/mol. The summed E-state index contributed by atoms with van der Waals surface area (Å²) in [4.78, 5) is 15.1. The van der Waals surface area contributed by atoms with Crippen molar-refractivity contribution in [2.24, 2.45) is 0 Å². The maximum Gasteiger partial charge on any atom is 0.393 e. The molecule has 0 aromatic heterocycles. The lowest BCUT2D eigenvalue weighted by Gasteiger charge is -2.15. The molecule has 0 radical (unpaired) electrons. The van der Waals surface area contributed by atoms with Crippen LogP contribution in [0.3, 0.4) is 0 Å². The van der Waals surface area contributed by atoms with Gasteiger partial charge >= 0.3 is 11.5 Å². The Kier molecular flexibility index (Phi) is 4.07. The zero-order chi connectivity index (χ0) is 12.0. The Balaban J connectivity index is 2.83. The van der Waals surface area contributed by atoms with E-state index in [-0.39, 0.29) is 0 Å². The van der Waals surface area contributed by atoms with Crippen molar-refractivity contribution in [1.29, 1.82) is 0 Å². The van der Waals surface area contributed by atoms with Gasteiger partial charge in [0.15, 0.2) is 0 Å². The average molecular weight is 217 g/mol. The number of hydrogen-bond acceptors (Lipinski definition) is 2. The third-order valence-electron chi connectivity index (χ3n) is 2.35. The van der Waals surface area contributed by atoms with Crippen LogP contribution in [0.4, 0.5) is 0 Å². The first-order valence-electron chi connectivity index (χ1n) is 5.22. The van der Waals surface area contributed by atoms with Crippen molar-refractivity contribution in [3.63, 3.8) is 0 Å².